The molecule has 0 saturated carbocycles. The zero-order valence-corrected chi connectivity index (χ0v) is 17.0. The number of anilines is 2. The lowest BCUT2D eigenvalue weighted by atomic mass is 9.93. The van der Waals surface area contributed by atoms with Crippen LogP contribution in [0.1, 0.15) is 22.9 Å². The van der Waals surface area contributed by atoms with Gasteiger partial charge in [-0.2, -0.15) is 9.78 Å². The Morgan fingerprint density at radius 2 is 1.78 bits per heavy atom. The third-order valence-electron chi connectivity index (χ3n) is 5.72. The first kappa shape index (κ1) is 18.4. The number of hydrogen-bond acceptors (Lipinski definition) is 5. The van der Waals surface area contributed by atoms with E-state index in [1.165, 1.54) is 12.1 Å². The van der Waals surface area contributed by atoms with E-state index in [1.807, 2.05) is 54.3 Å². The molecule has 0 spiro atoms. The summed E-state index contributed by atoms with van der Waals surface area (Å²) in [5.74, 6) is 0.757. The summed E-state index contributed by atoms with van der Waals surface area (Å²) in [6.45, 7) is 1.91. The summed E-state index contributed by atoms with van der Waals surface area (Å²) in [6, 6.07) is 19.0. The Bertz CT molecular complexity index is 1390. The van der Waals surface area contributed by atoms with E-state index in [-0.39, 0.29) is 17.6 Å². The molecule has 0 aliphatic carbocycles. The Balaban J connectivity index is 1.66. The van der Waals surface area contributed by atoms with E-state index in [0.717, 1.165) is 22.5 Å². The lowest BCUT2D eigenvalue weighted by Gasteiger charge is -2.40. The van der Waals surface area contributed by atoms with Gasteiger partial charge in [0.05, 0.1) is 23.1 Å². The van der Waals surface area contributed by atoms with Crippen molar-refractivity contribution in [3.63, 3.8) is 0 Å². The third-order valence-corrected chi connectivity index (χ3v) is 5.72. The molecular weight excluding hydrogens is 407 g/mol. The summed E-state index contributed by atoms with van der Waals surface area (Å²) in [5, 5.41) is 7.63. The molecule has 8 heteroatoms. The molecule has 7 nitrogen and oxygen atoms in total. The summed E-state index contributed by atoms with van der Waals surface area (Å²) in [7, 11) is 0. The van der Waals surface area contributed by atoms with Gasteiger partial charge in [0.1, 0.15) is 5.82 Å². The van der Waals surface area contributed by atoms with Crippen LogP contribution in [0.2, 0.25) is 0 Å². The number of fused-ring (bicyclic) bond motifs is 4. The van der Waals surface area contributed by atoms with Crippen molar-refractivity contribution < 1.29 is 9.18 Å². The number of benzene rings is 2. The second kappa shape index (κ2) is 6.84. The molecule has 0 fully saturated rings. The van der Waals surface area contributed by atoms with Crippen molar-refractivity contribution in [3.05, 3.63) is 95.6 Å². The van der Waals surface area contributed by atoms with Crippen LogP contribution in [0, 0.1) is 12.7 Å². The zero-order valence-electron chi connectivity index (χ0n) is 17.0. The maximum atomic E-state index is 13.8. The summed E-state index contributed by atoms with van der Waals surface area (Å²) in [6.07, 6.45) is 1.68. The van der Waals surface area contributed by atoms with Crippen molar-refractivity contribution in [2.24, 2.45) is 4.99 Å². The maximum absolute atomic E-state index is 13.8. The Labute approximate surface area is 182 Å². The van der Waals surface area contributed by atoms with Crippen molar-refractivity contribution in [3.8, 4) is 5.82 Å². The molecule has 6 rings (SSSR count). The Morgan fingerprint density at radius 1 is 1.00 bits per heavy atom. The van der Waals surface area contributed by atoms with Crippen molar-refractivity contribution in [1.82, 2.24) is 14.8 Å². The minimum Gasteiger partial charge on any atom is -0.317 e. The van der Waals surface area contributed by atoms with E-state index < -0.39 is 6.04 Å². The molecular formula is C24H17FN6O. The molecule has 156 valence electrons. The van der Waals surface area contributed by atoms with Gasteiger partial charge in [0.25, 0.3) is 5.91 Å². The Kier molecular flexibility index (Phi) is 3.94. The molecule has 0 saturated heterocycles. The van der Waals surface area contributed by atoms with E-state index in [2.05, 4.69) is 10.3 Å². The van der Waals surface area contributed by atoms with Crippen LogP contribution in [0.3, 0.4) is 0 Å². The normalized spacial score (nSPS) is 16.6. The van der Waals surface area contributed by atoms with Gasteiger partial charge in [-0.05, 0) is 48.9 Å². The highest BCUT2D eigenvalue weighted by Crippen LogP contribution is 2.47. The van der Waals surface area contributed by atoms with Crippen LogP contribution in [-0.4, -0.2) is 26.5 Å². The molecule has 0 radical (unpaired) electrons. The Hall–Kier alpha value is -4.33. The number of hydrogen-bond donors (Lipinski definition) is 1. The monoisotopic (exact) mass is 424 g/mol. The molecule has 1 atom stereocenters. The molecule has 2 aromatic heterocycles. The van der Waals surface area contributed by atoms with Gasteiger partial charge in [0.15, 0.2) is 11.6 Å². The van der Waals surface area contributed by atoms with Gasteiger partial charge < -0.3 is 10.2 Å². The highest BCUT2D eigenvalue weighted by atomic mass is 19.1. The standard InChI is InChI=1S/C24H17FN6O/c1-14-20-21(15-9-11-16(25)12-10-15)30-18-7-3-2-6-17(18)27-24(32)23(30)28-22(20)31(29-14)19-8-4-5-13-26-19/h2-13,21H,1H3,(H,27,32)/t21-/m0/s1. The zero-order chi connectivity index (χ0) is 21.8. The number of nitrogens with zero attached hydrogens (tertiary/aromatic N) is 5. The molecule has 1 N–H and O–H groups in total. The van der Waals surface area contributed by atoms with Crippen molar-refractivity contribution in [2.45, 2.75) is 13.0 Å². The van der Waals surface area contributed by atoms with E-state index in [9.17, 15) is 9.18 Å². The first-order chi connectivity index (χ1) is 15.6. The topological polar surface area (TPSA) is 75.4 Å². The fourth-order valence-corrected chi connectivity index (χ4v) is 4.34. The molecule has 2 aromatic carbocycles. The van der Waals surface area contributed by atoms with Crippen LogP contribution in [0.4, 0.5) is 21.6 Å². The van der Waals surface area contributed by atoms with Crippen LogP contribution >= 0.6 is 0 Å². The average molecular weight is 424 g/mol. The van der Waals surface area contributed by atoms with Gasteiger partial charge in [0.2, 0.25) is 5.84 Å². The van der Waals surface area contributed by atoms with E-state index in [4.69, 9.17) is 10.1 Å². The lowest BCUT2D eigenvalue weighted by molar-refractivity contribution is -0.110. The molecule has 4 heterocycles. The number of rotatable bonds is 2. The van der Waals surface area contributed by atoms with Gasteiger partial charge in [-0.1, -0.05) is 30.3 Å². The van der Waals surface area contributed by atoms with Gasteiger partial charge in [-0.15, -0.1) is 0 Å². The molecule has 0 bridgehead atoms. The number of pyridine rings is 1. The maximum Gasteiger partial charge on any atom is 0.291 e. The fourth-order valence-electron chi connectivity index (χ4n) is 4.34. The lowest BCUT2D eigenvalue weighted by Crippen LogP contribution is -2.48. The molecule has 2 aliphatic rings. The van der Waals surface area contributed by atoms with E-state index >= 15 is 0 Å². The number of amides is 1. The summed E-state index contributed by atoms with van der Waals surface area (Å²) in [4.78, 5) is 24.2. The molecule has 0 unspecified atom stereocenters. The van der Waals surface area contributed by atoms with Gasteiger partial charge >= 0.3 is 0 Å². The number of carbonyl (C=O) groups is 1. The Morgan fingerprint density at radius 3 is 2.56 bits per heavy atom. The summed E-state index contributed by atoms with van der Waals surface area (Å²) < 4.78 is 15.4. The minimum atomic E-state index is -0.414. The largest absolute Gasteiger partial charge is 0.317 e. The minimum absolute atomic E-state index is 0.252. The van der Waals surface area contributed by atoms with Crippen LogP contribution in [0.25, 0.3) is 5.82 Å². The fraction of sp³-hybridized carbons (Fsp3) is 0.0833. The number of carbonyl (C=O) groups excluding carboxylic acids is 1. The third kappa shape index (κ3) is 2.66. The predicted octanol–water partition coefficient (Wildman–Crippen LogP) is 4.31. The molecule has 2 aliphatic heterocycles. The second-order valence-corrected chi connectivity index (χ2v) is 7.65. The highest BCUT2D eigenvalue weighted by molar-refractivity contribution is 6.50. The van der Waals surface area contributed by atoms with Gasteiger partial charge in [-0.3, -0.25) is 4.79 Å². The van der Waals surface area contributed by atoms with Crippen molar-refractivity contribution in [1.29, 1.82) is 0 Å². The number of aryl methyl sites for hydroxylation is 1. The number of amidine groups is 1. The smallest absolute Gasteiger partial charge is 0.291 e. The van der Waals surface area contributed by atoms with Crippen LogP contribution < -0.4 is 10.2 Å². The van der Waals surface area contributed by atoms with Crippen LogP contribution in [-0.2, 0) is 4.79 Å². The number of aliphatic imine (C=N–C) groups is 1. The molecule has 1 amide bonds. The summed E-state index contributed by atoms with van der Waals surface area (Å²) in [5.41, 5.74) is 3.94. The number of nitrogens with one attached hydrogen (secondary N) is 1. The number of aromatic nitrogens is 3. The first-order valence-electron chi connectivity index (χ1n) is 10.2. The summed E-state index contributed by atoms with van der Waals surface area (Å²) >= 11 is 0. The number of halogens is 1. The van der Waals surface area contributed by atoms with Gasteiger partial charge in [0, 0.05) is 11.8 Å². The van der Waals surface area contributed by atoms with Crippen LogP contribution in [0.15, 0.2) is 77.9 Å². The second-order valence-electron chi connectivity index (χ2n) is 7.65. The van der Waals surface area contributed by atoms with Gasteiger partial charge in [-0.25, -0.2) is 14.4 Å². The highest BCUT2D eigenvalue weighted by Gasteiger charge is 2.42. The van der Waals surface area contributed by atoms with Crippen molar-refractivity contribution >= 4 is 28.9 Å². The first-order valence-corrected chi connectivity index (χ1v) is 10.2. The average Bonchev–Trinajstić information content (AvgIpc) is 3.15. The van der Waals surface area contributed by atoms with E-state index in [1.54, 1.807) is 23.0 Å². The molecule has 4 aromatic rings. The molecule has 32 heavy (non-hydrogen) atoms. The van der Waals surface area contributed by atoms with E-state index in [0.29, 0.717) is 17.3 Å². The SMILES string of the molecule is Cc1nn(-c2ccccn2)c2c1[C@H](c1ccc(F)cc1)N1C(=N2)C(=O)Nc2ccccc21. The van der Waals surface area contributed by atoms with Crippen molar-refractivity contribution in [2.75, 3.05) is 10.2 Å². The quantitative estimate of drug-likeness (QED) is 0.520. The van der Waals surface area contributed by atoms with Crippen LogP contribution in [0.5, 0.6) is 0 Å². The predicted molar refractivity (Wildman–Crippen MR) is 119 cm³/mol. The number of para-hydroxylation sites is 2.